The van der Waals surface area contributed by atoms with E-state index in [1.165, 1.54) is 0 Å². The minimum Gasteiger partial charge on any atom is -0.316 e. The van der Waals surface area contributed by atoms with Gasteiger partial charge < -0.3 is 5.32 Å². The predicted octanol–water partition coefficient (Wildman–Crippen LogP) is 2.35. The third-order valence-electron chi connectivity index (χ3n) is 1.66. The predicted molar refractivity (Wildman–Crippen MR) is 45.2 cm³/mol. The van der Waals surface area contributed by atoms with Gasteiger partial charge >= 0.3 is 0 Å². The van der Waals surface area contributed by atoms with E-state index in [0.29, 0.717) is 17.2 Å². The minimum atomic E-state index is -0.171. The fraction of sp³-hybridized carbons (Fsp3) is 0.500. The number of likely N-dealkylation sites (N-methyl/N-ethyl adjacent to an activating group) is 1. The lowest BCUT2D eigenvalue weighted by Gasteiger charge is -2.12. The molecular weight excluding hydrogens is 165 g/mol. The lowest BCUT2D eigenvalue weighted by atomic mass is 10.1. The van der Waals surface area contributed by atoms with Gasteiger partial charge in [0.2, 0.25) is 0 Å². The molecule has 0 bridgehead atoms. The molecule has 0 unspecified atom stereocenters. The summed E-state index contributed by atoms with van der Waals surface area (Å²) in [7, 11) is 1.78. The van der Waals surface area contributed by atoms with Crippen LogP contribution in [0.25, 0.3) is 0 Å². The molecule has 62 valence electrons. The quantitative estimate of drug-likeness (QED) is 0.680. The number of halogens is 2. The Morgan fingerprint density at radius 1 is 1.73 bits per heavy atom. The molecule has 0 saturated carbocycles. The van der Waals surface area contributed by atoms with Gasteiger partial charge in [-0.25, -0.2) is 4.39 Å². The smallest absolute Gasteiger partial charge is 0.124 e. The first-order chi connectivity index (χ1) is 5.25. The second-order valence-electron chi connectivity index (χ2n) is 2.50. The molecule has 3 heteroatoms. The first-order valence-corrected chi connectivity index (χ1v) is 4.01. The zero-order valence-corrected chi connectivity index (χ0v) is 7.21. The Balaban J connectivity index is 2.76. The van der Waals surface area contributed by atoms with Crippen LogP contribution in [0.1, 0.15) is 12.8 Å². The number of nitrogens with one attached hydrogen (secondary N) is 1. The van der Waals surface area contributed by atoms with Crippen LogP contribution < -0.4 is 5.32 Å². The summed E-state index contributed by atoms with van der Waals surface area (Å²) in [4.78, 5) is 0. The summed E-state index contributed by atoms with van der Waals surface area (Å²) in [5, 5.41) is 3.53. The van der Waals surface area contributed by atoms with Gasteiger partial charge in [0, 0.05) is 17.2 Å². The van der Waals surface area contributed by atoms with Crippen LogP contribution in [-0.4, -0.2) is 13.6 Å². The molecule has 0 fully saturated rings. The summed E-state index contributed by atoms with van der Waals surface area (Å²) in [6.07, 6.45) is 3.07. The minimum absolute atomic E-state index is 0.171. The molecule has 1 nitrogen and oxygen atoms in total. The Bertz CT molecular complexity index is 208. The van der Waals surface area contributed by atoms with Gasteiger partial charge in [-0.05, 0) is 26.0 Å². The van der Waals surface area contributed by atoms with Gasteiger partial charge in [0.05, 0.1) is 0 Å². The van der Waals surface area contributed by atoms with E-state index in [2.05, 4.69) is 5.32 Å². The van der Waals surface area contributed by atoms with E-state index in [1.807, 2.05) is 0 Å². The van der Waals surface area contributed by atoms with Crippen molar-refractivity contribution in [3.63, 3.8) is 0 Å². The van der Waals surface area contributed by atoms with Gasteiger partial charge in [-0.3, -0.25) is 0 Å². The average molecular weight is 176 g/mol. The number of allylic oxidation sites excluding steroid dienone is 2. The van der Waals surface area contributed by atoms with Crippen molar-refractivity contribution in [2.24, 2.45) is 0 Å². The van der Waals surface area contributed by atoms with Crippen LogP contribution in [0.15, 0.2) is 22.5 Å². The van der Waals surface area contributed by atoms with E-state index in [0.717, 1.165) is 12.8 Å². The monoisotopic (exact) mass is 175 g/mol. The molecule has 0 aromatic carbocycles. The maximum Gasteiger partial charge on any atom is 0.124 e. The van der Waals surface area contributed by atoms with Crippen molar-refractivity contribution in [3.8, 4) is 0 Å². The van der Waals surface area contributed by atoms with E-state index >= 15 is 0 Å². The maximum absolute atomic E-state index is 13.0. The largest absolute Gasteiger partial charge is 0.316 e. The zero-order chi connectivity index (χ0) is 8.27. The van der Waals surface area contributed by atoms with Crippen molar-refractivity contribution in [1.29, 1.82) is 0 Å². The third-order valence-corrected chi connectivity index (χ3v) is 2.07. The number of hydrogen-bond acceptors (Lipinski definition) is 1. The van der Waals surface area contributed by atoms with Crippen molar-refractivity contribution >= 4 is 11.6 Å². The van der Waals surface area contributed by atoms with E-state index in [4.69, 9.17) is 11.6 Å². The standard InChI is InChI=1S/C8H11ClFN/c1-11-5-6-7(9)3-2-4-8(6)10/h4,11H,2-3,5H2,1H3. The molecule has 0 heterocycles. The van der Waals surface area contributed by atoms with Crippen LogP contribution in [0, 0.1) is 0 Å². The Morgan fingerprint density at radius 2 is 2.45 bits per heavy atom. The van der Waals surface area contributed by atoms with E-state index in [9.17, 15) is 4.39 Å². The van der Waals surface area contributed by atoms with Crippen molar-refractivity contribution < 1.29 is 4.39 Å². The fourth-order valence-electron chi connectivity index (χ4n) is 1.09. The van der Waals surface area contributed by atoms with Crippen molar-refractivity contribution in [2.75, 3.05) is 13.6 Å². The van der Waals surface area contributed by atoms with E-state index in [1.54, 1.807) is 13.1 Å². The summed E-state index contributed by atoms with van der Waals surface area (Å²) in [5.74, 6) is -0.171. The molecular formula is C8H11ClFN. The highest BCUT2D eigenvalue weighted by atomic mass is 35.5. The van der Waals surface area contributed by atoms with Crippen LogP contribution in [0.2, 0.25) is 0 Å². The van der Waals surface area contributed by atoms with Gasteiger partial charge in [-0.15, -0.1) is 0 Å². The summed E-state index contributed by atoms with van der Waals surface area (Å²) < 4.78 is 13.0. The Hall–Kier alpha value is -0.340. The van der Waals surface area contributed by atoms with Crippen LogP contribution in [-0.2, 0) is 0 Å². The highest BCUT2D eigenvalue weighted by Crippen LogP contribution is 2.27. The molecule has 1 N–H and O–H groups in total. The molecule has 0 aromatic rings. The summed E-state index contributed by atoms with van der Waals surface area (Å²) in [6, 6.07) is 0. The van der Waals surface area contributed by atoms with Crippen molar-refractivity contribution in [3.05, 3.63) is 22.5 Å². The average Bonchev–Trinajstić information content (AvgIpc) is 1.97. The molecule has 0 atom stereocenters. The molecule has 1 aliphatic rings. The van der Waals surface area contributed by atoms with Crippen LogP contribution in [0.4, 0.5) is 4.39 Å². The van der Waals surface area contributed by atoms with Crippen LogP contribution >= 0.6 is 11.6 Å². The molecule has 0 amide bonds. The first kappa shape index (κ1) is 8.75. The second kappa shape index (κ2) is 3.88. The van der Waals surface area contributed by atoms with Crippen LogP contribution in [0.5, 0.6) is 0 Å². The Morgan fingerprint density at radius 3 is 3.00 bits per heavy atom. The lowest BCUT2D eigenvalue weighted by Crippen LogP contribution is -2.13. The van der Waals surface area contributed by atoms with Gasteiger partial charge in [0.1, 0.15) is 5.83 Å². The topological polar surface area (TPSA) is 12.0 Å². The van der Waals surface area contributed by atoms with Gasteiger partial charge in [-0.1, -0.05) is 11.6 Å². The molecule has 0 aliphatic heterocycles. The first-order valence-electron chi connectivity index (χ1n) is 3.64. The van der Waals surface area contributed by atoms with Gasteiger partial charge in [-0.2, -0.15) is 0 Å². The third kappa shape index (κ3) is 2.04. The molecule has 0 aromatic heterocycles. The van der Waals surface area contributed by atoms with E-state index < -0.39 is 0 Å². The normalized spacial score (nSPS) is 18.6. The van der Waals surface area contributed by atoms with Crippen LogP contribution in [0.3, 0.4) is 0 Å². The van der Waals surface area contributed by atoms with Crippen molar-refractivity contribution in [2.45, 2.75) is 12.8 Å². The number of hydrogen-bond donors (Lipinski definition) is 1. The second-order valence-corrected chi connectivity index (χ2v) is 2.96. The van der Waals surface area contributed by atoms with Gasteiger partial charge in [0.25, 0.3) is 0 Å². The zero-order valence-electron chi connectivity index (χ0n) is 6.45. The molecule has 11 heavy (non-hydrogen) atoms. The molecule has 1 rings (SSSR count). The lowest BCUT2D eigenvalue weighted by molar-refractivity contribution is 0.620. The number of rotatable bonds is 2. The fourth-order valence-corrected chi connectivity index (χ4v) is 1.35. The summed E-state index contributed by atoms with van der Waals surface area (Å²) in [5.41, 5.74) is 0.611. The highest BCUT2D eigenvalue weighted by Gasteiger charge is 2.12. The molecule has 0 spiro atoms. The highest BCUT2D eigenvalue weighted by molar-refractivity contribution is 6.30. The van der Waals surface area contributed by atoms with Gasteiger partial charge in [0.15, 0.2) is 0 Å². The summed E-state index contributed by atoms with van der Waals surface area (Å²) in [6.45, 7) is 0.515. The molecule has 1 aliphatic carbocycles. The molecule has 0 saturated heterocycles. The molecule has 0 radical (unpaired) electrons. The summed E-state index contributed by atoms with van der Waals surface area (Å²) >= 11 is 5.82. The Labute approximate surface area is 70.9 Å². The van der Waals surface area contributed by atoms with E-state index in [-0.39, 0.29) is 5.83 Å². The maximum atomic E-state index is 13.0. The van der Waals surface area contributed by atoms with Crippen molar-refractivity contribution in [1.82, 2.24) is 5.32 Å². The Kier molecular flexibility index (Phi) is 3.09. The SMILES string of the molecule is CNCC1=C(Cl)CCC=C1F.